The van der Waals surface area contributed by atoms with E-state index >= 15 is 0 Å². The van der Waals surface area contributed by atoms with Crippen LogP contribution in [0.25, 0.3) is 0 Å². The lowest BCUT2D eigenvalue weighted by molar-refractivity contribution is 0.336. The molecule has 1 fully saturated rings. The largest absolute Gasteiger partial charge is 0.493 e. The van der Waals surface area contributed by atoms with Gasteiger partial charge in [0, 0.05) is 24.2 Å². The van der Waals surface area contributed by atoms with Gasteiger partial charge in [0.25, 0.3) is 0 Å². The smallest absolute Gasteiger partial charge is 0.183 e. The molecule has 2 unspecified atom stereocenters. The molecular formula is C15H23ClN2O2. The highest BCUT2D eigenvalue weighted by atomic mass is 35.5. The summed E-state index contributed by atoms with van der Waals surface area (Å²) in [4.78, 5) is 4.36. The van der Waals surface area contributed by atoms with Gasteiger partial charge in [-0.25, -0.2) is 0 Å². The highest BCUT2D eigenvalue weighted by Crippen LogP contribution is 2.29. The highest BCUT2D eigenvalue weighted by Gasteiger charge is 2.20. The lowest BCUT2D eigenvalue weighted by Gasteiger charge is -2.25. The van der Waals surface area contributed by atoms with Crippen molar-refractivity contribution in [2.24, 2.45) is 5.92 Å². The van der Waals surface area contributed by atoms with Crippen LogP contribution >= 0.6 is 11.6 Å². The lowest BCUT2D eigenvalue weighted by atomic mass is 9.89. The molecule has 2 atom stereocenters. The van der Waals surface area contributed by atoms with Crippen molar-refractivity contribution in [2.45, 2.75) is 37.6 Å². The molecule has 4 nitrogen and oxygen atoms in total. The summed E-state index contributed by atoms with van der Waals surface area (Å²) in [6.07, 6.45) is 6.51. The van der Waals surface area contributed by atoms with Crippen molar-refractivity contribution in [3.8, 4) is 11.5 Å². The van der Waals surface area contributed by atoms with Crippen molar-refractivity contribution < 1.29 is 9.47 Å². The summed E-state index contributed by atoms with van der Waals surface area (Å²) in [5.74, 6) is 2.10. The molecule has 5 heteroatoms. The molecule has 0 radical (unpaired) electrons. The maximum absolute atomic E-state index is 6.22. The van der Waals surface area contributed by atoms with Crippen LogP contribution in [0.5, 0.6) is 11.5 Å². The second-order valence-electron chi connectivity index (χ2n) is 5.25. The number of hydrogen-bond acceptors (Lipinski definition) is 4. The van der Waals surface area contributed by atoms with Gasteiger partial charge in [0.2, 0.25) is 0 Å². The molecule has 1 aromatic heterocycles. The fraction of sp³-hybridized carbons (Fsp3) is 0.667. The zero-order valence-corrected chi connectivity index (χ0v) is 12.9. The summed E-state index contributed by atoms with van der Waals surface area (Å²) in [7, 11) is 3.28. The number of aromatic nitrogens is 1. The van der Waals surface area contributed by atoms with E-state index in [4.69, 9.17) is 21.1 Å². The molecule has 1 aromatic rings. The summed E-state index contributed by atoms with van der Waals surface area (Å²) >= 11 is 6.22. The van der Waals surface area contributed by atoms with Gasteiger partial charge in [-0.1, -0.05) is 6.42 Å². The Morgan fingerprint density at radius 3 is 2.90 bits per heavy atom. The van der Waals surface area contributed by atoms with Crippen LogP contribution in [0, 0.1) is 5.92 Å². The Labute approximate surface area is 125 Å². The van der Waals surface area contributed by atoms with Gasteiger partial charge in [0.15, 0.2) is 11.5 Å². The van der Waals surface area contributed by atoms with E-state index in [1.54, 1.807) is 20.4 Å². The predicted molar refractivity (Wildman–Crippen MR) is 80.6 cm³/mol. The van der Waals surface area contributed by atoms with E-state index in [9.17, 15) is 0 Å². The van der Waals surface area contributed by atoms with Crippen LogP contribution in [-0.4, -0.2) is 31.1 Å². The number of rotatable bonds is 6. The van der Waals surface area contributed by atoms with E-state index in [2.05, 4.69) is 10.3 Å². The molecule has 1 saturated carbocycles. The van der Waals surface area contributed by atoms with Gasteiger partial charge in [-0.05, 0) is 31.7 Å². The first kappa shape index (κ1) is 15.4. The third-order valence-electron chi connectivity index (χ3n) is 3.81. The number of ether oxygens (including phenoxy) is 2. The second kappa shape index (κ2) is 7.70. The predicted octanol–water partition coefficient (Wildman–Crippen LogP) is 2.99. The normalized spacial score (nSPS) is 22.6. The second-order valence-corrected chi connectivity index (χ2v) is 5.87. The van der Waals surface area contributed by atoms with E-state index in [0.717, 1.165) is 30.8 Å². The van der Waals surface area contributed by atoms with E-state index in [1.165, 1.54) is 12.8 Å². The summed E-state index contributed by atoms with van der Waals surface area (Å²) in [6.45, 7) is 1.66. The topological polar surface area (TPSA) is 43.4 Å². The fourth-order valence-electron chi connectivity index (χ4n) is 2.78. The zero-order chi connectivity index (χ0) is 14.4. The summed E-state index contributed by atoms with van der Waals surface area (Å²) in [6, 6.07) is 1.81. The Balaban J connectivity index is 1.87. The van der Waals surface area contributed by atoms with Gasteiger partial charge in [-0.3, -0.25) is 4.98 Å². The standard InChI is InChI=1S/C15H23ClN2O2/c1-19-14-6-7-18-13(15(14)20-2)10-17-9-11-4-3-5-12(16)8-11/h6-7,11-12,17H,3-5,8-10H2,1-2H3. The van der Waals surface area contributed by atoms with Crippen LogP contribution < -0.4 is 14.8 Å². The van der Waals surface area contributed by atoms with Crippen LogP contribution in [-0.2, 0) is 6.54 Å². The summed E-state index contributed by atoms with van der Waals surface area (Å²) in [5.41, 5.74) is 0.880. The number of hydrogen-bond donors (Lipinski definition) is 1. The van der Waals surface area contributed by atoms with E-state index in [0.29, 0.717) is 23.6 Å². The molecule has 1 aliphatic rings. The van der Waals surface area contributed by atoms with Crippen LogP contribution in [0.1, 0.15) is 31.4 Å². The molecule has 2 rings (SSSR count). The van der Waals surface area contributed by atoms with Gasteiger partial charge in [-0.2, -0.15) is 0 Å². The third kappa shape index (κ3) is 4.00. The van der Waals surface area contributed by atoms with Crippen molar-refractivity contribution in [1.29, 1.82) is 0 Å². The number of methoxy groups -OCH3 is 2. The van der Waals surface area contributed by atoms with E-state index < -0.39 is 0 Å². The molecule has 0 spiro atoms. The number of nitrogens with one attached hydrogen (secondary N) is 1. The van der Waals surface area contributed by atoms with Crippen molar-refractivity contribution in [3.63, 3.8) is 0 Å². The van der Waals surface area contributed by atoms with Gasteiger partial charge in [0.05, 0.1) is 19.9 Å². The van der Waals surface area contributed by atoms with E-state index in [1.807, 2.05) is 6.07 Å². The summed E-state index contributed by atoms with van der Waals surface area (Å²) < 4.78 is 10.7. The third-order valence-corrected chi connectivity index (χ3v) is 4.21. The minimum absolute atomic E-state index is 0.347. The quantitative estimate of drug-likeness (QED) is 0.820. The van der Waals surface area contributed by atoms with E-state index in [-0.39, 0.29) is 0 Å². The molecule has 0 saturated heterocycles. The van der Waals surface area contributed by atoms with Crippen molar-refractivity contribution in [1.82, 2.24) is 10.3 Å². The number of nitrogens with zero attached hydrogens (tertiary/aromatic N) is 1. The summed E-state index contributed by atoms with van der Waals surface area (Å²) in [5, 5.41) is 3.81. The van der Waals surface area contributed by atoms with Crippen molar-refractivity contribution >= 4 is 11.6 Å². The lowest BCUT2D eigenvalue weighted by Crippen LogP contribution is -2.27. The highest BCUT2D eigenvalue weighted by molar-refractivity contribution is 6.20. The first-order valence-electron chi connectivity index (χ1n) is 7.15. The van der Waals surface area contributed by atoms with Crippen molar-refractivity contribution in [3.05, 3.63) is 18.0 Å². The Morgan fingerprint density at radius 2 is 2.20 bits per heavy atom. The maximum Gasteiger partial charge on any atom is 0.183 e. The minimum Gasteiger partial charge on any atom is -0.493 e. The molecule has 0 amide bonds. The average Bonchev–Trinajstić information content (AvgIpc) is 2.47. The van der Waals surface area contributed by atoms with Gasteiger partial charge in [0.1, 0.15) is 0 Å². The van der Waals surface area contributed by atoms with Crippen LogP contribution in [0.4, 0.5) is 0 Å². The van der Waals surface area contributed by atoms with Gasteiger partial charge < -0.3 is 14.8 Å². The molecular weight excluding hydrogens is 276 g/mol. The molecule has 1 aliphatic carbocycles. The maximum atomic E-state index is 6.22. The number of alkyl halides is 1. The fourth-order valence-corrected chi connectivity index (χ4v) is 3.19. The average molecular weight is 299 g/mol. The SMILES string of the molecule is COc1ccnc(CNCC2CCCC(Cl)C2)c1OC. The molecule has 1 heterocycles. The molecule has 0 aliphatic heterocycles. The molecule has 112 valence electrons. The first-order valence-corrected chi connectivity index (χ1v) is 7.59. The Hall–Kier alpha value is -1.00. The number of pyridine rings is 1. The van der Waals surface area contributed by atoms with Gasteiger partial charge in [-0.15, -0.1) is 11.6 Å². The first-order chi connectivity index (χ1) is 9.74. The molecule has 0 bridgehead atoms. The molecule has 20 heavy (non-hydrogen) atoms. The van der Waals surface area contributed by atoms with Gasteiger partial charge >= 0.3 is 0 Å². The number of halogens is 1. The van der Waals surface area contributed by atoms with Crippen molar-refractivity contribution in [2.75, 3.05) is 20.8 Å². The molecule has 1 N–H and O–H groups in total. The van der Waals surface area contributed by atoms with Crippen LogP contribution in [0.3, 0.4) is 0 Å². The zero-order valence-electron chi connectivity index (χ0n) is 12.2. The Bertz CT molecular complexity index is 428. The van der Waals surface area contributed by atoms with Crippen LogP contribution in [0.2, 0.25) is 0 Å². The Kier molecular flexibility index (Phi) is 5.92. The monoisotopic (exact) mass is 298 g/mol. The molecule has 0 aromatic carbocycles. The Morgan fingerprint density at radius 1 is 1.35 bits per heavy atom. The minimum atomic E-state index is 0.347. The van der Waals surface area contributed by atoms with Crippen LogP contribution in [0.15, 0.2) is 12.3 Å².